The molecule has 0 atom stereocenters. The molecule has 1 aromatic rings. The van der Waals surface area contributed by atoms with Gasteiger partial charge in [0, 0.05) is 0 Å². The van der Waals surface area contributed by atoms with E-state index < -0.39 is 5.97 Å². The molecule has 72 valence electrons. The van der Waals surface area contributed by atoms with Crippen molar-refractivity contribution >= 4 is 40.7 Å². The molecule has 3 nitrogen and oxygen atoms in total. The molecular formula is C9H6ClNO2S. The van der Waals surface area contributed by atoms with E-state index in [0.29, 0.717) is 11.3 Å². The topological polar surface area (TPSA) is 38.7 Å². The van der Waals surface area contributed by atoms with Crippen LogP contribution < -0.4 is 0 Å². The lowest BCUT2D eigenvalue weighted by molar-refractivity contribution is -0.136. The van der Waals surface area contributed by atoms with Gasteiger partial charge in [0.2, 0.25) is 0 Å². The summed E-state index contributed by atoms with van der Waals surface area (Å²) in [6.45, 7) is 0. The third-order valence-electron chi connectivity index (χ3n) is 1.75. The fraction of sp³-hybridized carbons (Fsp3) is 0.111. The van der Waals surface area contributed by atoms with E-state index in [9.17, 15) is 4.79 Å². The summed E-state index contributed by atoms with van der Waals surface area (Å²) in [4.78, 5) is 15.7. The van der Waals surface area contributed by atoms with Gasteiger partial charge >= 0.3 is 5.97 Å². The molecular weight excluding hydrogens is 222 g/mol. The van der Waals surface area contributed by atoms with Crippen LogP contribution in [0.3, 0.4) is 0 Å². The maximum absolute atomic E-state index is 11.2. The summed E-state index contributed by atoms with van der Waals surface area (Å²) < 4.78 is 0. The van der Waals surface area contributed by atoms with E-state index in [-0.39, 0.29) is 5.88 Å². The molecule has 1 aliphatic heterocycles. The molecule has 14 heavy (non-hydrogen) atoms. The summed E-state index contributed by atoms with van der Waals surface area (Å²) in [6.07, 6.45) is 1.73. The van der Waals surface area contributed by atoms with Crippen molar-refractivity contribution in [1.82, 2.24) is 0 Å². The molecule has 0 unspecified atom stereocenters. The highest BCUT2D eigenvalue weighted by molar-refractivity contribution is 7.08. The first-order valence-electron chi connectivity index (χ1n) is 3.89. The maximum atomic E-state index is 11.2. The Morgan fingerprint density at radius 3 is 3.14 bits per heavy atom. The Hall–Kier alpha value is -1.13. The van der Waals surface area contributed by atoms with E-state index in [0.717, 1.165) is 5.56 Å². The average molecular weight is 228 g/mol. The minimum Gasteiger partial charge on any atom is -0.312 e. The molecule has 0 radical (unpaired) electrons. The number of alkyl halides is 1. The lowest BCUT2D eigenvalue weighted by atomic mass is 10.1. The highest BCUT2D eigenvalue weighted by Crippen LogP contribution is 2.17. The minimum absolute atomic E-state index is 0.182. The van der Waals surface area contributed by atoms with Crippen LogP contribution in [-0.4, -0.2) is 17.6 Å². The Labute approximate surface area is 89.6 Å². The summed E-state index contributed by atoms with van der Waals surface area (Å²) in [7, 11) is 0. The predicted octanol–water partition coefficient (Wildman–Crippen LogP) is 2.28. The minimum atomic E-state index is -0.438. The van der Waals surface area contributed by atoms with E-state index in [4.69, 9.17) is 11.6 Å². The second-order valence-electron chi connectivity index (χ2n) is 2.67. The molecule has 5 heteroatoms. The van der Waals surface area contributed by atoms with Crippen molar-refractivity contribution in [1.29, 1.82) is 0 Å². The molecule has 1 aliphatic rings. The van der Waals surface area contributed by atoms with E-state index >= 15 is 0 Å². The van der Waals surface area contributed by atoms with Crippen LogP contribution in [0, 0.1) is 0 Å². The molecule has 0 aliphatic carbocycles. The van der Waals surface area contributed by atoms with Crippen molar-refractivity contribution in [3.8, 4) is 0 Å². The second kappa shape index (κ2) is 3.94. The molecule has 0 fully saturated rings. The molecule has 2 rings (SSSR count). The van der Waals surface area contributed by atoms with Crippen molar-refractivity contribution in [2.75, 3.05) is 5.88 Å². The summed E-state index contributed by atoms with van der Waals surface area (Å²) >= 11 is 7.17. The van der Waals surface area contributed by atoms with Crippen molar-refractivity contribution in [2.24, 2.45) is 5.16 Å². The highest BCUT2D eigenvalue weighted by atomic mass is 35.5. The first kappa shape index (κ1) is 9.43. The van der Waals surface area contributed by atoms with E-state index in [1.165, 1.54) is 0 Å². The number of carbonyl (C=O) groups is 1. The quantitative estimate of drug-likeness (QED) is 0.442. The van der Waals surface area contributed by atoms with Crippen molar-refractivity contribution in [3.05, 3.63) is 28.0 Å². The fourth-order valence-corrected chi connectivity index (χ4v) is 1.89. The summed E-state index contributed by atoms with van der Waals surface area (Å²) in [5, 5.41) is 7.44. The van der Waals surface area contributed by atoms with Crippen LogP contribution >= 0.6 is 22.9 Å². The summed E-state index contributed by atoms with van der Waals surface area (Å²) in [5.74, 6) is -0.256. The van der Waals surface area contributed by atoms with Crippen LogP contribution in [0.25, 0.3) is 6.08 Å². The van der Waals surface area contributed by atoms with Crippen molar-refractivity contribution in [3.63, 3.8) is 0 Å². The third-order valence-corrected chi connectivity index (χ3v) is 2.70. The van der Waals surface area contributed by atoms with Gasteiger partial charge in [0.1, 0.15) is 5.71 Å². The van der Waals surface area contributed by atoms with Crippen molar-refractivity contribution in [2.45, 2.75) is 0 Å². The van der Waals surface area contributed by atoms with E-state index in [1.54, 1.807) is 17.4 Å². The molecule has 2 heterocycles. The van der Waals surface area contributed by atoms with Crippen LogP contribution in [0.1, 0.15) is 5.56 Å². The number of thiophene rings is 1. The van der Waals surface area contributed by atoms with Crippen LogP contribution in [0.15, 0.2) is 27.6 Å². The SMILES string of the molecule is O=C1ON=C(CCl)/C1=C\c1ccsc1. The maximum Gasteiger partial charge on any atom is 0.367 e. The number of rotatable bonds is 2. The summed E-state index contributed by atoms with van der Waals surface area (Å²) in [5.41, 5.74) is 1.89. The molecule has 0 N–H and O–H groups in total. The first-order chi connectivity index (χ1) is 6.81. The predicted molar refractivity (Wildman–Crippen MR) is 56.5 cm³/mol. The Bertz CT molecular complexity index is 408. The van der Waals surface area contributed by atoms with Gasteiger partial charge in [-0.25, -0.2) is 4.79 Å². The fourth-order valence-electron chi connectivity index (χ4n) is 1.08. The Morgan fingerprint density at radius 1 is 1.64 bits per heavy atom. The van der Waals surface area contributed by atoms with Crippen molar-refractivity contribution < 1.29 is 9.63 Å². The van der Waals surface area contributed by atoms with Gasteiger partial charge in [-0.15, -0.1) is 11.6 Å². The molecule has 0 bridgehead atoms. The van der Waals surface area contributed by atoms with Gasteiger partial charge < -0.3 is 4.84 Å². The number of oxime groups is 1. The lowest BCUT2D eigenvalue weighted by Crippen LogP contribution is -2.06. The number of hydrogen-bond donors (Lipinski definition) is 0. The molecule has 0 aromatic carbocycles. The number of halogens is 1. The second-order valence-corrected chi connectivity index (χ2v) is 3.71. The monoisotopic (exact) mass is 227 g/mol. The zero-order valence-electron chi connectivity index (χ0n) is 7.07. The van der Waals surface area contributed by atoms with Gasteiger partial charge in [-0.3, -0.25) is 0 Å². The number of nitrogens with zero attached hydrogens (tertiary/aromatic N) is 1. The molecule has 0 amide bonds. The Kier molecular flexibility index (Phi) is 2.65. The smallest absolute Gasteiger partial charge is 0.312 e. The standard InChI is InChI=1S/C9H6ClNO2S/c10-4-8-7(9(12)13-11-8)3-6-1-2-14-5-6/h1-3,5H,4H2/b7-3+. The van der Waals surface area contributed by atoms with E-state index in [1.807, 2.05) is 16.8 Å². The van der Waals surface area contributed by atoms with Gasteiger partial charge in [-0.1, -0.05) is 5.16 Å². The number of carbonyl (C=O) groups excluding carboxylic acids is 1. The highest BCUT2D eigenvalue weighted by Gasteiger charge is 2.24. The molecule has 0 spiro atoms. The largest absolute Gasteiger partial charge is 0.367 e. The normalized spacial score (nSPS) is 18.5. The van der Waals surface area contributed by atoms with E-state index in [2.05, 4.69) is 9.99 Å². The molecule has 0 saturated carbocycles. The molecule has 0 saturated heterocycles. The van der Waals surface area contributed by atoms with Crippen LogP contribution in [0.5, 0.6) is 0 Å². The third kappa shape index (κ3) is 1.71. The lowest BCUT2D eigenvalue weighted by Gasteiger charge is -1.92. The van der Waals surface area contributed by atoms with Crippen LogP contribution in [-0.2, 0) is 9.63 Å². The van der Waals surface area contributed by atoms with Gasteiger partial charge in [0.25, 0.3) is 0 Å². The van der Waals surface area contributed by atoms with Crippen LogP contribution in [0.4, 0.5) is 0 Å². The van der Waals surface area contributed by atoms with Crippen LogP contribution in [0.2, 0.25) is 0 Å². The summed E-state index contributed by atoms with van der Waals surface area (Å²) in [6, 6.07) is 1.91. The van der Waals surface area contributed by atoms with Gasteiger partial charge in [-0.2, -0.15) is 11.3 Å². The zero-order chi connectivity index (χ0) is 9.97. The average Bonchev–Trinajstić information content (AvgIpc) is 2.79. The molecule has 1 aromatic heterocycles. The number of hydrogen-bond acceptors (Lipinski definition) is 4. The van der Waals surface area contributed by atoms with Gasteiger partial charge in [0.05, 0.1) is 11.5 Å². The van der Waals surface area contributed by atoms with Gasteiger partial charge in [-0.05, 0) is 28.5 Å². The Balaban J connectivity index is 2.33. The van der Waals surface area contributed by atoms with Gasteiger partial charge in [0.15, 0.2) is 0 Å². The zero-order valence-corrected chi connectivity index (χ0v) is 8.64. The Morgan fingerprint density at radius 2 is 2.50 bits per heavy atom. The first-order valence-corrected chi connectivity index (χ1v) is 5.37.